The summed E-state index contributed by atoms with van der Waals surface area (Å²) in [6.07, 6.45) is 4.38. The van der Waals surface area contributed by atoms with Crippen LogP contribution in [0.3, 0.4) is 0 Å². The number of nitrogens with zero attached hydrogens (tertiary/aromatic N) is 2. The van der Waals surface area contributed by atoms with Crippen LogP contribution in [0.5, 0.6) is 0 Å². The standard InChI is InChI=1S/C22H28N4O3S/c1-4-26(5-2)16-12-10-15(11-13-16)14-23-25-22(28)24-20-19(21(27)29-6-3)17-8-7-9-18(17)30-20/h10-14H,4-9H2,1-3H3,(H2,24,25,28). The van der Waals surface area contributed by atoms with Gasteiger partial charge in [-0.1, -0.05) is 12.1 Å². The molecule has 8 heteroatoms. The molecule has 0 atom stereocenters. The lowest BCUT2D eigenvalue weighted by molar-refractivity contribution is 0.0527. The first-order valence-corrected chi connectivity index (χ1v) is 11.2. The first-order chi connectivity index (χ1) is 14.6. The molecule has 1 heterocycles. The molecule has 1 aromatic carbocycles. The van der Waals surface area contributed by atoms with Gasteiger partial charge in [0.15, 0.2) is 0 Å². The number of aryl methyl sites for hydroxylation is 1. The highest BCUT2D eigenvalue weighted by Gasteiger charge is 2.28. The fourth-order valence-electron chi connectivity index (χ4n) is 3.57. The van der Waals surface area contributed by atoms with Gasteiger partial charge in [-0.15, -0.1) is 11.3 Å². The molecule has 2 aromatic rings. The minimum absolute atomic E-state index is 0.298. The van der Waals surface area contributed by atoms with Gasteiger partial charge in [0.05, 0.1) is 18.4 Å². The summed E-state index contributed by atoms with van der Waals surface area (Å²) in [5.74, 6) is -0.385. The number of carbonyl (C=O) groups is 2. The van der Waals surface area contributed by atoms with E-state index in [0.717, 1.165) is 54.0 Å². The molecule has 2 amide bonds. The second kappa shape index (κ2) is 10.2. The van der Waals surface area contributed by atoms with E-state index in [1.165, 1.54) is 11.3 Å². The van der Waals surface area contributed by atoms with Gasteiger partial charge in [0.1, 0.15) is 5.00 Å². The van der Waals surface area contributed by atoms with Crippen LogP contribution >= 0.6 is 11.3 Å². The lowest BCUT2D eigenvalue weighted by atomic mass is 10.1. The summed E-state index contributed by atoms with van der Waals surface area (Å²) >= 11 is 1.44. The number of esters is 1. The summed E-state index contributed by atoms with van der Waals surface area (Å²) in [5, 5.41) is 7.29. The Balaban J connectivity index is 1.62. The fraction of sp³-hybridized carbons (Fsp3) is 0.409. The maximum absolute atomic E-state index is 12.4. The number of fused-ring (bicyclic) bond motifs is 1. The third kappa shape index (κ3) is 4.99. The number of thiophene rings is 1. The molecule has 2 N–H and O–H groups in total. The second-order valence-corrected chi connectivity index (χ2v) is 7.98. The van der Waals surface area contributed by atoms with Crippen molar-refractivity contribution in [1.82, 2.24) is 5.43 Å². The number of ether oxygens (including phenoxy) is 1. The van der Waals surface area contributed by atoms with E-state index in [4.69, 9.17) is 4.74 Å². The lowest BCUT2D eigenvalue weighted by Crippen LogP contribution is -2.25. The monoisotopic (exact) mass is 428 g/mol. The summed E-state index contributed by atoms with van der Waals surface area (Å²) in [6.45, 7) is 8.21. The van der Waals surface area contributed by atoms with E-state index in [0.29, 0.717) is 17.2 Å². The van der Waals surface area contributed by atoms with Crippen LogP contribution < -0.4 is 15.6 Å². The number of urea groups is 1. The molecule has 0 saturated heterocycles. The quantitative estimate of drug-likeness (QED) is 0.370. The topological polar surface area (TPSA) is 83.0 Å². The molecule has 1 aliphatic rings. The van der Waals surface area contributed by atoms with E-state index in [1.807, 2.05) is 24.3 Å². The second-order valence-electron chi connectivity index (χ2n) is 6.87. The van der Waals surface area contributed by atoms with Gasteiger partial charge in [-0.3, -0.25) is 5.32 Å². The molecule has 0 spiro atoms. The lowest BCUT2D eigenvalue weighted by Gasteiger charge is -2.20. The molecule has 0 radical (unpaired) electrons. The highest BCUT2D eigenvalue weighted by Crippen LogP contribution is 2.39. The average molecular weight is 429 g/mol. The summed E-state index contributed by atoms with van der Waals surface area (Å²) < 4.78 is 5.18. The zero-order valence-electron chi connectivity index (χ0n) is 17.7. The van der Waals surface area contributed by atoms with Crippen molar-refractivity contribution in [3.05, 3.63) is 45.8 Å². The van der Waals surface area contributed by atoms with E-state index in [1.54, 1.807) is 13.1 Å². The van der Waals surface area contributed by atoms with E-state index in [-0.39, 0.29) is 5.97 Å². The molecule has 0 bridgehead atoms. The third-order valence-electron chi connectivity index (χ3n) is 5.03. The first kappa shape index (κ1) is 21.8. The molecule has 1 aliphatic carbocycles. The van der Waals surface area contributed by atoms with Crippen LogP contribution in [-0.4, -0.2) is 37.9 Å². The number of amides is 2. The number of nitrogens with one attached hydrogen (secondary N) is 2. The Bertz CT molecular complexity index is 917. The highest BCUT2D eigenvalue weighted by atomic mass is 32.1. The van der Waals surface area contributed by atoms with Crippen molar-refractivity contribution < 1.29 is 14.3 Å². The van der Waals surface area contributed by atoms with Crippen molar-refractivity contribution in [2.45, 2.75) is 40.0 Å². The molecular formula is C22H28N4O3S. The maximum atomic E-state index is 12.4. The number of benzene rings is 1. The van der Waals surface area contributed by atoms with Crippen LogP contribution in [0.25, 0.3) is 0 Å². The van der Waals surface area contributed by atoms with E-state index >= 15 is 0 Å². The van der Waals surface area contributed by atoms with Crippen molar-refractivity contribution in [2.24, 2.45) is 5.10 Å². The fourth-order valence-corrected chi connectivity index (χ4v) is 4.84. The van der Waals surface area contributed by atoms with Gasteiger partial charge in [-0.05, 0) is 63.3 Å². The van der Waals surface area contributed by atoms with Crippen molar-refractivity contribution in [1.29, 1.82) is 0 Å². The Morgan fingerprint density at radius 3 is 2.57 bits per heavy atom. The predicted molar refractivity (Wildman–Crippen MR) is 122 cm³/mol. The van der Waals surface area contributed by atoms with E-state index < -0.39 is 6.03 Å². The van der Waals surface area contributed by atoms with Crippen molar-refractivity contribution >= 4 is 40.2 Å². The van der Waals surface area contributed by atoms with Gasteiger partial charge in [-0.2, -0.15) is 5.10 Å². The van der Waals surface area contributed by atoms with Crippen LogP contribution in [-0.2, 0) is 17.6 Å². The smallest absolute Gasteiger partial charge is 0.341 e. The summed E-state index contributed by atoms with van der Waals surface area (Å²) in [6, 6.07) is 7.50. The SMILES string of the molecule is CCOC(=O)c1c(NC(=O)NN=Cc2ccc(N(CC)CC)cc2)sc2c1CCC2. The Hall–Kier alpha value is -2.87. The van der Waals surface area contributed by atoms with Gasteiger partial charge in [0.25, 0.3) is 0 Å². The van der Waals surface area contributed by atoms with Gasteiger partial charge < -0.3 is 9.64 Å². The van der Waals surface area contributed by atoms with Crippen LogP contribution in [0.15, 0.2) is 29.4 Å². The van der Waals surface area contributed by atoms with E-state index in [2.05, 4.69) is 34.6 Å². The first-order valence-electron chi connectivity index (χ1n) is 10.3. The Kier molecular flexibility index (Phi) is 7.46. The Morgan fingerprint density at radius 1 is 1.17 bits per heavy atom. The van der Waals surface area contributed by atoms with Gasteiger partial charge >= 0.3 is 12.0 Å². The van der Waals surface area contributed by atoms with Crippen LogP contribution in [0.4, 0.5) is 15.5 Å². The minimum atomic E-state index is -0.489. The molecule has 0 saturated carbocycles. The van der Waals surface area contributed by atoms with Crippen molar-refractivity contribution in [2.75, 3.05) is 29.9 Å². The number of hydrazone groups is 1. The molecule has 0 fully saturated rings. The van der Waals surface area contributed by atoms with Crippen LogP contribution in [0, 0.1) is 0 Å². The third-order valence-corrected chi connectivity index (χ3v) is 6.24. The number of rotatable bonds is 8. The predicted octanol–water partition coefficient (Wildman–Crippen LogP) is 4.42. The molecule has 0 aliphatic heterocycles. The van der Waals surface area contributed by atoms with E-state index in [9.17, 15) is 9.59 Å². The van der Waals surface area contributed by atoms with Gasteiger partial charge in [0, 0.05) is 23.7 Å². The molecule has 30 heavy (non-hydrogen) atoms. The molecular weight excluding hydrogens is 400 g/mol. The summed E-state index contributed by atoms with van der Waals surface area (Å²) in [4.78, 5) is 28.1. The largest absolute Gasteiger partial charge is 0.462 e. The van der Waals surface area contributed by atoms with Crippen LogP contribution in [0.1, 0.15) is 53.6 Å². The normalized spacial score (nSPS) is 12.6. The highest BCUT2D eigenvalue weighted by molar-refractivity contribution is 7.17. The minimum Gasteiger partial charge on any atom is -0.462 e. The Morgan fingerprint density at radius 2 is 1.90 bits per heavy atom. The van der Waals surface area contributed by atoms with Crippen LogP contribution in [0.2, 0.25) is 0 Å². The number of anilines is 2. The molecule has 7 nitrogen and oxygen atoms in total. The van der Waals surface area contributed by atoms with Gasteiger partial charge in [0.2, 0.25) is 0 Å². The maximum Gasteiger partial charge on any atom is 0.341 e. The number of hydrogen-bond acceptors (Lipinski definition) is 6. The Labute approximate surface area is 181 Å². The van der Waals surface area contributed by atoms with Gasteiger partial charge in [-0.25, -0.2) is 15.0 Å². The number of hydrogen-bond donors (Lipinski definition) is 2. The average Bonchev–Trinajstić information content (AvgIpc) is 3.31. The van der Waals surface area contributed by atoms with Crippen molar-refractivity contribution in [3.8, 4) is 0 Å². The molecule has 160 valence electrons. The molecule has 3 rings (SSSR count). The summed E-state index contributed by atoms with van der Waals surface area (Å²) in [7, 11) is 0. The molecule has 0 unspecified atom stereocenters. The number of carbonyl (C=O) groups excluding carboxylic acids is 2. The zero-order valence-corrected chi connectivity index (χ0v) is 18.5. The zero-order chi connectivity index (χ0) is 21.5. The summed E-state index contributed by atoms with van der Waals surface area (Å²) in [5.41, 5.74) is 5.99. The van der Waals surface area contributed by atoms with Crippen molar-refractivity contribution in [3.63, 3.8) is 0 Å². The molecule has 1 aromatic heterocycles.